The maximum absolute atomic E-state index is 6.30. The average molecular weight is 306 g/mol. The van der Waals surface area contributed by atoms with Crippen molar-refractivity contribution in [3.05, 3.63) is 34.5 Å². The highest BCUT2D eigenvalue weighted by Crippen LogP contribution is 2.29. The third-order valence-corrected chi connectivity index (χ3v) is 4.97. The zero-order chi connectivity index (χ0) is 14.8. The average Bonchev–Trinajstić information content (AvgIpc) is 2.88. The molecule has 1 saturated heterocycles. The number of hydrogen-bond donors (Lipinski definition) is 1. The Morgan fingerprint density at radius 1 is 1.24 bits per heavy atom. The summed E-state index contributed by atoms with van der Waals surface area (Å²) < 4.78 is 2.34. The van der Waals surface area contributed by atoms with Crippen molar-refractivity contribution in [2.75, 3.05) is 32.7 Å². The first-order chi connectivity index (χ1) is 10.2. The largest absolute Gasteiger partial charge is 0.347 e. The molecule has 1 aromatic carbocycles. The minimum atomic E-state index is 0.865. The van der Waals surface area contributed by atoms with Crippen molar-refractivity contribution in [2.24, 2.45) is 0 Å². The molecule has 3 nitrogen and oxygen atoms in total. The summed E-state index contributed by atoms with van der Waals surface area (Å²) in [6, 6.07) is 4.22. The van der Waals surface area contributed by atoms with Gasteiger partial charge in [-0.1, -0.05) is 17.7 Å². The van der Waals surface area contributed by atoms with Crippen LogP contribution in [0, 0.1) is 6.92 Å². The van der Waals surface area contributed by atoms with Gasteiger partial charge in [0.25, 0.3) is 0 Å². The molecule has 1 fully saturated rings. The van der Waals surface area contributed by atoms with Crippen molar-refractivity contribution in [3.63, 3.8) is 0 Å². The molecule has 1 N–H and O–H groups in total. The summed E-state index contributed by atoms with van der Waals surface area (Å²) in [5.74, 6) is 0. The van der Waals surface area contributed by atoms with Crippen LogP contribution in [0.3, 0.4) is 0 Å². The van der Waals surface area contributed by atoms with Crippen LogP contribution < -0.4 is 5.32 Å². The van der Waals surface area contributed by atoms with E-state index in [1.807, 2.05) is 6.07 Å². The zero-order valence-corrected chi connectivity index (χ0v) is 13.7. The van der Waals surface area contributed by atoms with Crippen LogP contribution in [0.2, 0.25) is 5.02 Å². The van der Waals surface area contributed by atoms with Crippen molar-refractivity contribution >= 4 is 22.5 Å². The Morgan fingerprint density at radius 2 is 2.00 bits per heavy atom. The fraction of sp³-hybridized carbons (Fsp3) is 0.529. The number of aromatic nitrogens is 1. The minimum absolute atomic E-state index is 0.865. The Labute approximate surface area is 131 Å². The first kappa shape index (κ1) is 14.9. The van der Waals surface area contributed by atoms with Crippen molar-refractivity contribution in [1.82, 2.24) is 14.8 Å². The first-order valence-corrected chi connectivity index (χ1v) is 8.28. The van der Waals surface area contributed by atoms with Crippen LogP contribution in [0.25, 0.3) is 10.9 Å². The fourth-order valence-corrected chi connectivity index (χ4v) is 3.44. The molecule has 0 bridgehead atoms. The van der Waals surface area contributed by atoms with Gasteiger partial charge in [-0.3, -0.25) is 0 Å². The first-order valence-electron chi connectivity index (χ1n) is 7.90. The molecule has 2 heterocycles. The molecular weight excluding hydrogens is 282 g/mol. The van der Waals surface area contributed by atoms with Gasteiger partial charge in [0.2, 0.25) is 0 Å². The van der Waals surface area contributed by atoms with E-state index in [0.717, 1.165) is 50.7 Å². The Hall–Kier alpha value is -1.03. The number of rotatable bonds is 4. The van der Waals surface area contributed by atoms with E-state index in [1.54, 1.807) is 0 Å². The predicted octanol–water partition coefficient (Wildman–Crippen LogP) is 3.07. The van der Waals surface area contributed by atoms with Crippen molar-refractivity contribution in [1.29, 1.82) is 0 Å². The summed E-state index contributed by atoms with van der Waals surface area (Å²) in [5.41, 5.74) is 3.95. The Bertz CT molecular complexity index is 626. The molecule has 1 aliphatic heterocycles. The summed E-state index contributed by atoms with van der Waals surface area (Å²) in [5, 5.41) is 5.64. The molecule has 0 saturated carbocycles. The van der Waals surface area contributed by atoms with Gasteiger partial charge in [0.15, 0.2) is 0 Å². The van der Waals surface area contributed by atoms with E-state index < -0.39 is 0 Å². The number of piperazine rings is 1. The second kappa shape index (κ2) is 6.39. The van der Waals surface area contributed by atoms with Gasteiger partial charge in [0, 0.05) is 55.9 Å². The monoisotopic (exact) mass is 305 g/mol. The van der Waals surface area contributed by atoms with Gasteiger partial charge in [-0.05, 0) is 37.5 Å². The van der Waals surface area contributed by atoms with Crippen LogP contribution in [-0.4, -0.2) is 42.2 Å². The van der Waals surface area contributed by atoms with Crippen molar-refractivity contribution in [2.45, 2.75) is 26.8 Å². The number of aryl methyl sites for hydroxylation is 2. The number of fused-ring (bicyclic) bond motifs is 1. The van der Waals surface area contributed by atoms with Gasteiger partial charge < -0.3 is 14.8 Å². The highest BCUT2D eigenvalue weighted by Gasteiger charge is 2.14. The summed E-state index contributed by atoms with van der Waals surface area (Å²) >= 11 is 6.30. The van der Waals surface area contributed by atoms with Crippen LogP contribution in [-0.2, 0) is 13.0 Å². The number of hydrogen-bond acceptors (Lipinski definition) is 2. The fourth-order valence-electron chi connectivity index (χ4n) is 3.29. The van der Waals surface area contributed by atoms with Gasteiger partial charge in [-0.25, -0.2) is 0 Å². The Kier molecular flexibility index (Phi) is 4.53. The summed E-state index contributed by atoms with van der Waals surface area (Å²) in [6.07, 6.45) is 3.43. The highest BCUT2D eigenvalue weighted by atomic mass is 35.5. The second-order valence-corrected chi connectivity index (χ2v) is 6.26. The molecule has 21 heavy (non-hydrogen) atoms. The normalized spacial score (nSPS) is 16.7. The maximum Gasteiger partial charge on any atom is 0.0527 e. The molecule has 0 amide bonds. The molecule has 3 rings (SSSR count). The standard InChI is InChI=1S/C17H24ClN3/c1-3-21-12-14(6-9-20-10-7-19-8-11-20)15-4-5-16(18)13(2)17(15)21/h4-5,12,19H,3,6-11H2,1-2H3. The summed E-state index contributed by atoms with van der Waals surface area (Å²) in [7, 11) is 0. The van der Waals surface area contributed by atoms with Crippen molar-refractivity contribution in [3.8, 4) is 0 Å². The quantitative estimate of drug-likeness (QED) is 0.937. The summed E-state index contributed by atoms with van der Waals surface area (Å²) in [4.78, 5) is 2.55. The molecule has 0 atom stereocenters. The van der Waals surface area contributed by atoms with E-state index in [0.29, 0.717) is 0 Å². The molecule has 4 heteroatoms. The molecule has 0 unspecified atom stereocenters. The molecule has 0 aliphatic carbocycles. The van der Waals surface area contributed by atoms with E-state index in [1.165, 1.54) is 22.0 Å². The van der Waals surface area contributed by atoms with Gasteiger partial charge in [-0.2, -0.15) is 0 Å². The minimum Gasteiger partial charge on any atom is -0.347 e. The lowest BCUT2D eigenvalue weighted by atomic mass is 10.1. The van der Waals surface area contributed by atoms with E-state index in [9.17, 15) is 0 Å². The number of benzene rings is 1. The molecule has 0 spiro atoms. The topological polar surface area (TPSA) is 20.2 Å². The Balaban J connectivity index is 1.86. The van der Waals surface area contributed by atoms with Crippen LogP contribution >= 0.6 is 11.6 Å². The van der Waals surface area contributed by atoms with Crippen molar-refractivity contribution < 1.29 is 0 Å². The smallest absolute Gasteiger partial charge is 0.0527 e. The molecule has 2 aromatic rings. The van der Waals surface area contributed by atoms with Gasteiger partial charge in [-0.15, -0.1) is 0 Å². The van der Waals surface area contributed by atoms with Crippen LogP contribution in [0.5, 0.6) is 0 Å². The predicted molar refractivity (Wildman–Crippen MR) is 90.4 cm³/mol. The van der Waals surface area contributed by atoms with Crippen LogP contribution in [0.1, 0.15) is 18.1 Å². The Morgan fingerprint density at radius 3 is 2.71 bits per heavy atom. The van der Waals surface area contributed by atoms with Gasteiger partial charge in [0.05, 0.1) is 5.52 Å². The molecule has 1 aliphatic rings. The summed E-state index contributed by atoms with van der Waals surface area (Å²) in [6.45, 7) is 11.0. The van der Waals surface area contributed by atoms with Crippen LogP contribution in [0.4, 0.5) is 0 Å². The third kappa shape index (κ3) is 2.96. The van der Waals surface area contributed by atoms with E-state index >= 15 is 0 Å². The van der Waals surface area contributed by atoms with E-state index in [2.05, 4.69) is 40.9 Å². The third-order valence-electron chi connectivity index (χ3n) is 4.56. The maximum atomic E-state index is 6.30. The second-order valence-electron chi connectivity index (χ2n) is 5.85. The lowest BCUT2D eigenvalue weighted by Crippen LogP contribution is -2.44. The lowest BCUT2D eigenvalue weighted by molar-refractivity contribution is 0.244. The number of nitrogens with zero attached hydrogens (tertiary/aromatic N) is 2. The molecule has 114 valence electrons. The van der Waals surface area contributed by atoms with E-state index in [-0.39, 0.29) is 0 Å². The highest BCUT2D eigenvalue weighted by molar-refractivity contribution is 6.32. The molecule has 1 aromatic heterocycles. The molecule has 0 radical (unpaired) electrons. The van der Waals surface area contributed by atoms with Gasteiger partial charge in [0.1, 0.15) is 0 Å². The number of nitrogens with one attached hydrogen (secondary N) is 1. The van der Waals surface area contributed by atoms with Gasteiger partial charge >= 0.3 is 0 Å². The van der Waals surface area contributed by atoms with E-state index in [4.69, 9.17) is 11.6 Å². The zero-order valence-electron chi connectivity index (χ0n) is 13.0. The van der Waals surface area contributed by atoms with Crippen LogP contribution in [0.15, 0.2) is 18.3 Å². The lowest BCUT2D eigenvalue weighted by Gasteiger charge is -2.26. The number of halogens is 1. The molecular formula is C17H24ClN3. The SMILES string of the molecule is CCn1cc(CCN2CCNCC2)c2ccc(Cl)c(C)c21.